The Bertz CT molecular complexity index is 1460. The van der Waals surface area contributed by atoms with Crippen molar-refractivity contribution >= 4 is 34.7 Å². The number of likely N-dealkylation sites (tertiary alicyclic amines) is 1. The van der Waals surface area contributed by atoms with Crippen LogP contribution in [0.25, 0.3) is 5.76 Å². The number of hydrogen-bond acceptors (Lipinski definition) is 7. The van der Waals surface area contributed by atoms with Gasteiger partial charge in [0, 0.05) is 26.3 Å². The van der Waals surface area contributed by atoms with E-state index in [1.165, 1.54) is 12.0 Å². The van der Waals surface area contributed by atoms with E-state index in [1.807, 2.05) is 56.3 Å². The monoisotopic (exact) mass is 534 g/mol. The molecule has 1 atom stereocenters. The van der Waals surface area contributed by atoms with E-state index in [9.17, 15) is 14.7 Å². The quantitative estimate of drug-likeness (QED) is 0.268. The van der Waals surface area contributed by atoms with Gasteiger partial charge in [-0.05, 0) is 60.0 Å². The third kappa shape index (κ3) is 4.41. The van der Waals surface area contributed by atoms with Crippen LogP contribution < -0.4 is 19.1 Å². The highest BCUT2D eigenvalue weighted by atomic mass is 35.5. The number of aliphatic hydroxyl groups is 1. The molecule has 0 bridgehead atoms. The summed E-state index contributed by atoms with van der Waals surface area (Å²) in [5.74, 6) is -0.437. The molecule has 0 saturated carbocycles. The maximum atomic E-state index is 13.5. The molecule has 5 rings (SSSR count). The maximum absolute atomic E-state index is 13.5. The molecule has 3 aromatic carbocycles. The van der Waals surface area contributed by atoms with Crippen LogP contribution in [0.4, 0.5) is 5.69 Å². The molecule has 196 valence electrons. The molecule has 1 amide bonds. The molecule has 0 aromatic heterocycles. The van der Waals surface area contributed by atoms with Crippen molar-refractivity contribution in [3.8, 4) is 17.2 Å². The number of carbonyl (C=O) groups excluding carboxylic acids is 2. The van der Waals surface area contributed by atoms with Gasteiger partial charge < -0.3 is 29.1 Å². The van der Waals surface area contributed by atoms with Crippen molar-refractivity contribution in [2.45, 2.75) is 19.5 Å². The Hall–Kier alpha value is -4.17. The number of ketones is 1. The Labute approximate surface area is 225 Å². The van der Waals surface area contributed by atoms with Crippen molar-refractivity contribution in [3.63, 3.8) is 0 Å². The summed E-state index contributed by atoms with van der Waals surface area (Å²) in [6, 6.07) is 15.4. The lowest BCUT2D eigenvalue weighted by Gasteiger charge is -2.26. The Morgan fingerprint density at radius 3 is 2.47 bits per heavy atom. The first-order valence-electron chi connectivity index (χ1n) is 12.0. The second kappa shape index (κ2) is 9.95. The number of amides is 1. The number of hydrogen-bond donors (Lipinski definition) is 1. The van der Waals surface area contributed by atoms with Crippen LogP contribution in [0, 0.1) is 6.92 Å². The van der Waals surface area contributed by atoms with Crippen molar-refractivity contribution in [3.05, 3.63) is 87.4 Å². The fraction of sp³-hybridized carbons (Fsp3) is 0.241. The number of aliphatic hydroxyl groups excluding tert-OH is 1. The summed E-state index contributed by atoms with van der Waals surface area (Å²) in [4.78, 5) is 30.4. The number of rotatable bonds is 6. The minimum atomic E-state index is -0.847. The smallest absolute Gasteiger partial charge is 0.295 e. The zero-order valence-corrected chi connectivity index (χ0v) is 22.2. The Morgan fingerprint density at radius 2 is 1.79 bits per heavy atom. The molecule has 1 N–H and O–H groups in total. The molecule has 1 unspecified atom stereocenters. The molecule has 38 heavy (non-hydrogen) atoms. The fourth-order valence-electron chi connectivity index (χ4n) is 4.84. The van der Waals surface area contributed by atoms with E-state index < -0.39 is 17.7 Å². The lowest BCUT2D eigenvalue weighted by atomic mass is 9.94. The maximum Gasteiger partial charge on any atom is 0.295 e. The number of halogens is 1. The number of benzene rings is 3. The number of aryl methyl sites for hydroxylation is 1. The van der Waals surface area contributed by atoms with Crippen LogP contribution >= 0.6 is 11.6 Å². The first kappa shape index (κ1) is 25.5. The van der Waals surface area contributed by atoms with Crippen molar-refractivity contribution in [1.82, 2.24) is 4.90 Å². The van der Waals surface area contributed by atoms with Crippen molar-refractivity contribution in [2.75, 3.05) is 32.9 Å². The number of anilines is 1. The summed E-state index contributed by atoms with van der Waals surface area (Å²) in [7, 11) is 5.28. The summed E-state index contributed by atoms with van der Waals surface area (Å²) >= 11 is 6.39. The van der Waals surface area contributed by atoms with Crippen LogP contribution in [0.3, 0.4) is 0 Å². The highest BCUT2D eigenvalue weighted by Crippen LogP contribution is 2.44. The van der Waals surface area contributed by atoms with E-state index in [1.54, 1.807) is 24.3 Å². The molecule has 2 heterocycles. The molecule has 9 heteroatoms. The zero-order chi connectivity index (χ0) is 27.1. The Balaban J connectivity index is 1.66. The summed E-state index contributed by atoms with van der Waals surface area (Å²) in [6.45, 7) is 2.06. The topological polar surface area (TPSA) is 88.5 Å². The highest BCUT2D eigenvalue weighted by molar-refractivity contribution is 6.46. The van der Waals surface area contributed by atoms with Gasteiger partial charge in [-0.25, -0.2) is 0 Å². The van der Waals surface area contributed by atoms with Crippen LogP contribution in [0.15, 0.2) is 60.2 Å². The summed E-state index contributed by atoms with van der Waals surface area (Å²) in [5.41, 5.74) is 3.35. The molecule has 8 nitrogen and oxygen atoms in total. The van der Waals surface area contributed by atoms with Crippen LogP contribution in [-0.2, 0) is 16.1 Å². The summed E-state index contributed by atoms with van der Waals surface area (Å²) in [5, 5.41) is 11.8. The van der Waals surface area contributed by atoms with Gasteiger partial charge in [-0.1, -0.05) is 29.8 Å². The molecular formula is C29H27ClN2O6. The van der Waals surface area contributed by atoms with Crippen LogP contribution in [0.1, 0.15) is 28.3 Å². The van der Waals surface area contributed by atoms with Crippen LogP contribution in [0.2, 0.25) is 5.02 Å². The first-order chi connectivity index (χ1) is 18.2. The largest absolute Gasteiger partial charge is 0.507 e. The standard InChI is InChI=1S/C29H27ClN2O6/c1-16-11-20(28(36-4)21(30)12-16)26(33)24-25(18-6-8-19(9-7-18)31(2)3)32(29(35)27(24)34)14-17-5-10-22-23(13-17)38-15-37-22/h5-13,25,33H,14-15H2,1-4H3/b26-24+. The Kier molecular flexibility index (Phi) is 6.67. The lowest BCUT2D eigenvalue weighted by Crippen LogP contribution is -2.29. The Morgan fingerprint density at radius 1 is 1.08 bits per heavy atom. The number of carbonyl (C=O) groups is 2. The zero-order valence-electron chi connectivity index (χ0n) is 21.4. The molecule has 3 aromatic rings. The van der Waals surface area contributed by atoms with Crippen molar-refractivity contribution in [1.29, 1.82) is 0 Å². The molecule has 1 saturated heterocycles. The molecule has 2 aliphatic heterocycles. The molecule has 0 radical (unpaired) electrons. The predicted octanol–water partition coefficient (Wildman–Crippen LogP) is 5.07. The fourth-order valence-corrected chi connectivity index (χ4v) is 5.19. The van der Waals surface area contributed by atoms with Gasteiger partial charge in [0.2, 0.25) is 6.79 Å². The number of fused-ring (bicyclic) bond motifs is 1. The van der Waals surface area contributed by atoms with E-state index in [0.717, 1.165) is 16.8 Å². The third-order valence-electron chi connectivity index (χ3n) is 6.70. The van der Waals surface area contributed by atoms with Gasteiger partial charge in [0.15, 0.2) is 11.5 Å². The van der Waals surface area contributed by atoms with Gasteiger partial charge >= 0.3 is 0 Å². The highest BCUT2D eigenvalue weighted by Gasteiger charge is 2.46. The van der Waals surface area contributed by atoms with E-state index >= 15 is 0 Å². The second-order valence-electron chi connectivity index (χ2n) is 9.43. The van der Waals surface area contributed by atoms with Gasteiger partial charge in [-0.3, -0.25) is 9.59 Å². The lowest BCUT2D eigenvalue weighted by molar-refractivity contribution is -0.140. The summed E-state index contributed by atoms with van der Waals surface area (Å²) < 4.78 is 16.3. The van der Waals surface area contributed by atoms with Gasteiger partial charge in [-0.15, -0.1) is 0 Å². The number of nitrogens with zero attached hydrogens (tertiary/aromatic N) is 2. The van der Waals surface area contributed by atoms with E-state index in [-0.39, 0.29) is 41.0 Å². The molecule has 2 aliphatic rings. The average Bonchev–Trinajstić information content (AvgIpc) is 3.46. The van der Waals surface area contributed by atoms with Gasteiger partial charge in [0.05, 0.1) is 29.3 Å². The third-order valence-corrected chi connectivity index (χ3v) is 6.98. The predicted molar refractivity (Wildman–Crippen MR) is 144 cm³/mol. The molecular weight excluding hydrogens is 508 g/mol. The van der Waals surface area contributed by atoms with Crippen molar-refractivity contribution in [2.24, 2.45) is 0 Å². The number of Topliss-reactive ketones (excluding diaryl/α,β-unsaturated/α-hetero) is 1. The van der Waals surface area contributed by atoms with Gasteiger partial charge in [-0.2, -0.15) is 0 Å². The van der Waals surface area contributed by atoms with Crippen LogP contribution in [0.5, 0.6) is 17.2 Å². The van der Waals surface area contributed by atoms with E-state index in [2.05, 4.69) is 0 Å². The minimum Gasteiger partial charge on any atom is -0.507 e. The van der Waals surface area contributed by atoms with Gasteiger partial charge in [0.25, 0.3) is 11.7 Å². The normalized spacial score (nSPS) is 17.7. The first-order valence-corrected chi connectivity index (χ1v) is 12.4. The summed E-state index contributed by atoms with van der Waals surface area (Å²) in [6.07, 6.45) is 0. The molecule has 1 fully saturated rings. The van der Waals surface area contributed by atoms with E-state index in [0.29, 0.717) is 17.1 Å². The number of ether oxygens (including phenoxy) is 3. The second-order valence-corrected chi connectivity index (χ2v) is 9.84. The van der Waals surface area contributed by atoms with Gasteiger partial charge in [0.1, 0.15) is 11.5 Å². The number of methoxy groups -OCH3 is 1. The van der Waals surface area contributed by atoms with E-state index in [4.69, 9.17) is 25.8 Å². The minimum absolute atomic E-state index is 0.0340. The van der Waals surface area contributed by atoms with Crippen molar-refractivity contribution < 1.29 is 28.9 Å². The van der Waals surface area contributed by atoms with Crippen LogP contribution in [-0.4, -0.2) is 49.7 Å². The molecule has 0 spiro atoms. The molecule has 0 aliphatic carbocycles. The SMILES string of the molecule is COc1c(Cl)cc(C)cc1/C(O)=C1\C(=O)C(=O)N(Cc2ccc3c(c2)OCO3)C1c1ccc(N(C)C)cc1. The average molecular weight is 535 g/mol.